The molecule has 0 radical (unpaired) electrons. The molecule has 0 bridgehead atoms. The van der Waals surface area contributed by atoms with Crippen molar-refractivity contribution in [1.29, 1.82) is 0 Å². The number of pyridine rings is 1. The molecule has 35 heavy (non-hydrogen) atoms. The van der Waals surface area contributed by atoms with Gasteiger partial charge >= 0.3 is 0 Å². The van der Waals surface area contributed by atoms with Crippen molar-refractivity contribution in [3.8, 4) is 11.4 Å². The van der Waals surface area contributed by atoms with Crippen molar-refractivity contribution in [3.05, 3.63) is 65.3 Å². The van der Waals surface area contributed by atoms with Crippen molar-refractivity contribution in [3.63, 3.8) is 0 Å². The largest absolute Gasteiger partial charge is 0.380 e. The minimum Gasteiger partial charge on any atom is -0.380 e. The highest BCUT2D eigenvalue weighted by Crippen LogP contribution is 2.50. The molecule has 2 aromatic heterocycles. The third-order valence-corrected chi connectivity index (χ3v) is 7.58. The fourth-order valence-corrected chi connectivity index (χ4v) is 5.57. The van der Waals surface area contributed by atoms with Crippen molar-refractivity contribution < 1.29 is 14.4 Å². The highest BCUT2D eigenvalue weighted by Gasteiger charge is 2.55. The lowest BCUT2D eigenvalue weighted by molar-refractivity contribution is -0.127. The van der Waals surface area contributed by atoms with Gasteiger partial charge in [0.25, 0.3) is 0 Å². The topological polar surface area (TPSA) is 104 Å². The van der Waals surface area contributed by atoms with Crippen molar-refractivity contribution in [1.82, 2.24) is 25.3 Å². The molecule has 2 aliphatic rings. The van der Waals surface area contributed by atoms with E-state index in [0.29, 0.717) is 48.1 Å². The lowest BCUT2D eigenvalue weighted by Gasteiger charge is -2.55. The highest BCUT2D eigenvalue weighted by molar-refractivity contribution is 5.76. The smallest absolute Gasteiger partial charge is 0.231 e. The number of nitrogens with one attached hydrogen (secondary N) is 1. The van der Waals surface area contributed by atoms with E-state index in [1.54, 1.807) is 12.4 Å². The molecule has 8 nitrogen and oxygen atoms in total. The second-order valence-corrected chi connectivity index (χ2v) is 10.7. The Hall–Kier alpha value is -3.10. The van der Waals surface area contributed by atoms with Gasteiger partial charge in [0.15, 0.2) is 0 Å². The van der Waals surface area contributed by atoms with Gasteiger partial charge in [0, 0.05) is 55.0 Å². The Morgan fingerprint density at radius 2 is 1.94 bits per heavy atom. The van der Waals surface area contributed by atoms with Gasteiger partial charge in [0.2, 0.25) is 17.6 Å². The molecule has 0 saturated carbocycles. The number of nitrogens with zero attached hydrogens (tertiary/aromatic N) is 4. The number of hydrogen-bond donors (Lipinski definition) is 2. The summed E-state index contributed by atoms with van der Waals surface area (Å²) in [7, 11) is 2.06. The molecule has 0 aliphatic carbocycles. The standard InChI is InChI=1S/C27H33N5O3/c1-17(2)18-5-8-21(9-6-18)27(34,26(3)15-32(4)16-26)22-11-20(12-28-14-22)24-30-25(35-31-24)19-7-10-23(33)29-13-19/h5-6,8-9,11-12,14,17,19,34H,7,10,13,15-16H2,1-4H3,(H,29,33). The summed E-state index contributed by atoms with van der Waals surface area (Å²) in [5, 5.41) is 19.5. The molecule has 1 aromatic carbocycles. The number of hydrogen-bond acceptors (Lipinski definition) is 7. The zero-order chi connectivity index (χ0) is 24.8. The van der Waals surface area contributed by atoms with Crippen LogP contribution in [0.25, 0.3) is 11.4 Å². The van der Waals surface area contributed by atoms with Crippen LogP contribution in [0.5, 0.6) is 0 Å². The molecule has 2 fully saturated rings. The van der Waals surface area contributed by atoms with Gasteiger partial charge in [-0.1, -0.05) is 50.2 Å². The van der Waals surface area contributed by atoms with E-state index in [0.717, 1.165) is 18.7 Å². The van der Waals surface area contributed by atoms with Crippen molar-refractivity contribution in [2.24, 2.45) is 5.41 Å². The van der Waals surface area contributed by atoms with E-state index in [1.807, 2.05) is 18.2 Å². The van der Waals surface area contributed by atoms with Crippen LogP contribution in [0.3, 0.4) is 0 Å². The summed E-state index contributed by atoms with van der Waals surface area (Å²) in [4.78, 5) is 22.8. The Balaban J connectivity index is 1.51. The van der Waals surface area contributed by atoms with Crippen LogP contribution in [-0.4, -0.2) is 57.7 Å². The summed E-state index contributed by atoms with van der Waals surface area (Å²) in [6, 6.07) is 10.2. The second-order valence-electron chi connectivity index (χ2n) is 10.7. The average molecular weight is 476 g/mol. The molecule has 2 N–H and O–H groups in total. The van der Waals surface area contributed by atoms with E-state index in [2.05, 4.69) is 65.3 Å². The van der Waals surface area contributed by atoms with Crippen LogP contribution < -0.4 is 5.32 Å². The van der Waals surface area contributed by atoms with Crippen LogP contribution in [0.1, 0.15) is 68.0 Å². The minimum atomic E-state index is -1.24. The Kier molecular flexibility index (Phi) is 5.97. The first-order valence-corrected chi connectivity index (χ1v) is 12.3. The van der Waals surface area contributed by atoms with E-state index in [4.69, 9.17) is 4.52 Å². The molecular formula is C27H33N5O3. The number of rotatable bonds is 6. The van der Waals surface area contributed by atoms with Gasteiger partial charge in [0.05, 0.1) is 5.92 Å². The molecule has 2 unspecified atom stereocenters. The maximum atomic E-state index is 12.4. The summed E-state index contributed by atoms with van der Waals surface area (Å²) in [6.45, 7) is 8.48. The maximum absolute atomic E-state index is 12.4. The Labute approximate surface area is 205 Å². The summed E-state index contributed by atoms with van der Waals surface area (Å²) in [6.07, 6.45) is 4.57. The number of benzene rings is 1. The molecule has 4 heterocycles. The van der Waals surface area contributed by atoms with E-state index in [-0.39, 0.29) is 17.2 Å². The van der Waals surface area contributed by atoms with Gasteiger partial charge in [-0.2, -0.15) is 4.98 Å². The van der Waals surface area contributed by atoms with Crippen LogP contribution in [0, 0.1) is 5.41 Å². The van der Waals surface area contributed by atoms with Crippen molar-refractivity contribution in [2.45, 2.75) is 51.0 Å². The second kappa shape index (κ2) is 8.84. The van der Waals surface area contributed by atoms with Crippen LogP contribution in [0.4, 0.5) is 0 Å². The normalized spacial score (nSPS) is 21.9. The van der Waals surface area contributed by atoms with Crippen LogP contribution in [0.2, 0.25) is 0 Å². The van der Waals surface area contributed by atoms with Gasteiger partial charge < -0.3 is 19.8 Å². The zero-order valence-corrected chi connectivity index (χ0v) is 20.8. The number of amides is 1. The molecule has 5 rings (SSSR count). The predicted octanol–water partition coefficient (Wildman–Crippen LogP) is 3.44. The average Bonchev–Trinajstić information content (AvgIpc) is 3.33. The number of aliphatic hydroxyl groups is 1. The highest BCUT2D eigenvalue weighted by atomic mass is 16.5. The van der Waals surface area contributed by atoms with Crippen molar-refractivity contribution in [2.75, 3.05) is 26.7 Å². The number of likely N-dealkylation sites (tertiary alicyclic amines) is 1. The number of piperidine rings is 1. The Morgan fingerprint density at radius 3 is 2.57 bits per heavy atom. The molecule has 184 valence electrons. The lowest BCUT2D eigenvalue weighted by atomic mass is 9.62. The molecular weight excluding hydrogens is 442 g/mol. The first-order chi connectivity index (χ1) is 16.7. The van der Waals surface area contributed by atoms with E-state index in [9.17, 15) is 9.90 Å². The zero-order valence-electron chi connectivity index (χ0n) is 20.8. The van der Waals surface area contributed by atoms with Crippen molar-refractivity contribution >= 4 is 5.91 Å². The monoisotopic (exact) mass is 475 g/mol. The Morgan fingerprint density at radius 1 is 1.20 bits per heavy atom. The SMILES string of the molecule is CC(C)c1ccc(C(O)(c2cncc(-c3noc(C4CCC(=O)NC4)n3)c2)C2(C)CN(C)C2)cc1. The first-order valence-electron chi connectivity index (χ1n) is 12.3. The van der Waals surface area contributed by atoms with E-state index in [1.165, 1.54) is 5.56 Å². The minimum absolute atomic E-state index is 0.00548. The molecule has 2 aliphatic heterocycles. The fourth-order valence-electron chi connectivity index (χ4n) is 5.57. The first kappa shape index (κ1) is 23.6. The molecule has 2 saturated heterocycles. The van der Waals surface area contributed by atoms with Gasteiger partial charge in [-0.3, -0.25) is 9.78 Å². The lowest BCUT2D eigenvalue weighted by Crippen LogP contribution is -2.63. The van der Waals surface area contributed by atoms with Crippen LogP contribution >= 0.6 is 0 Å². The molecule has 8 heteroatoms. The number of carbonyl (C=O) groups excluding carboxylic acids is 1. The number of aromatic nitrogens is 3. The summed E-state index contributed by atoms with van der Waals surface area (Å²) in [5.41, 5.74) is 1.85. The van der Waals surface area contributed by atoms with Gasteiger partial charge in [-0.15, -0.1) is 0 Å². The third kappa shape index (κ3) is 4.15. The predicted molar refractivity (Wildman–Crippen MR) is 132 cm³/mol. The van der Waals surface area contributed by atoms with Gasteiger partial charge in [-0.25, -0.2) is 0 Å². The number of carbonyl (C=O) groups is 1. The van der Waals surface area contributed by atoms with Crippen LogP contribution in [0.15, 0.2) is 47.2 Å². The maximum Gasteiger partial charge on any atom is 0.231 e. The summed E-state index contributed by atoms with van der Waals surface area (Å²) < 4.78 is 5.54. The third-order valence-electron chi connectivity index (χ3n) is 7.58. The molecule has 1 amide bonds. The van der Waals surface area contributed by atoms with Crippen LogP contribution in [-0.2, 0) is 10.4 Å². The molecule has 0 spiro atoms. The van der Waals surface area contributed by atoms with Gasteiger partial charge in [0.1, 0.15) is 5.60 Å². The summed E-state index contributed by atoms with van der Waals surface area (Å²) >= 11 is 0. The summed E-state index contributed by atoms with van der Waals surface area (Å²) in [5.74, 6) is 1.41. The quantitative estimate of drug-likeness (QED) is 0.563. The molecule has 2 atom stereocenters. The Bertz CT molecular complexity index is 1210. The van der Waals surface area contributed by atoms with E-state index >= 15 is 0 Å². The fraction of sp³-hybridized carbons (Fsp3) is 0.481. The van der Waals surface area contributed by atoms with Gasteiger partial charge in [-0.05, 0) is 36.6 Å². The van der Waals surface area contributed by atoms with E-state index < -0.39 is 5.60 Å². The molecule has 3 aromatic rings.